The van der Waals surface area contributed by atoms with Gasteiger partial charge >= 0.3 is 0 Å². The Bertz CT molecular complexity index is 284. The zero-order chi connectivity index (χ0) is 11.8. The molecule has 92 valence electrons. The molecule has 0 unspecified atom stereocenters. The summed E-state index contributed by atoms with van der Waals surface area (Å²) in [5.41, 5.74) is 1.09. The topological polar surface area (TPSA) is 39.9 Å². The molecule has 1 heterocycles. The number of rotatable bonds is 8. The summed E-state index contributed by atoms with van der Waals surface area (Å²) in [5.74, 6) is 0.618. The van der Waals surface area contributed by atoms with E-state index >= 15 is 0 Å². The molecule has 0 amide bonds. The van der Waals surface area contributed by atoms with Gasteiger partial charge < -0.3 is 4.74 Å². The van der Waals surface area contributed by atoms with Gasteiger partial charge in [0.05, 0.1) is 5.69 Å². The minimum Gasteiger partial charge on any atom is -0.382 e. The fourth-order valence-corrected chi connectivity index (χ4v) is 1.57. The number of hydrogen-bond acceptors (Lipinski definition) is 3. The van der Waals surface area contributed by atoms with Gasteiger partial charge in [-0.25, -0.2) is 0 Å². The summed E-state index contributed by atoms with van der Waals surface area (Å²) in [5, 5.41) is 8.27. The van der Waals surface area contributed by atoms with E-state index in [2.05, 4.69) is 30.4 Å². The van der Waals surface area contributed by atoms with Crippen LogP contribution in [0.4, 0.5) is 0 Å². The number of hydrogen-bond donors (Lipinski definition) is 0. The highest BCUT2D eigenvalue weighted by Crippen LogP contribution is 2.03. The van der Waals surface area contributed by atoms with Crippen molar-refractivity contribution in [3.63, 3.8) is 0 Å². The molecule has 0 spiro atoms. The normalized spacial score (nSPS) is 11.2. The van der Waals surface area contributed by atoms with Crippen LogP contribution in [-0.4, -0.2) is 28.2 Å². The lowest BCUT2D eigenvalue weighted by atomic mass is 10.2. The average molecular weight is 225 g/mol. The third-order valence-corrected chi connectivity index (χ3v) is 2.31. The lowest BCUT2D eigenvalue weighted by Gasteiger charge is -2.02. The third kappa shape index (κ3) is 5.26. The second-order valence-corrected chi connectivity index (χ2v) is 4.48. The largest absolute Gasteiger partial charge is 0.382 e. The summed E-state index contributed by atoms with van der Waals surface area (Å²) in [6.07, 6.45) is 5.29. The molecule has 0 aliphatic rings. The molecule has 0 aliphatic carbocycles. The smallest absolute Gasteiger partial charge is 0.0827 e. The van der Waals surface area contributed by atoms with E-state index in [9.17, 15) is 0 Å². The fraction of sp³-hybridized carbons (Fsp3) is 0.833. The lowest BCUT2D eigenvalue weighted by molar-refractivity contribution is 0.143. The molecule has 0 saturated heterocycles. The number of nitrogens with zero attached hydrogens (tertiary/aromatic N) is 3. The zero-order valence-corrected chi connectivity index (χ0v) is 10.6. The van der Waals surface area contributed by atoms with Crippen LogP contribution in [0, 0.1) is 5.92 Å². The van der Waals surface area contributed by atoms with Crippen molar-refractivity contribution in [3.05, 3.63) is 11.9 Å². The zero-order valence-electron chi connectivity index (χ0n) is 10.6. The third-order valence-electron chi connectivity index (χ3n) is 2.31. The first-order valence-electron chi connectivity index (χ1n) is 6.19. The van der Waals surface area contributed by atoms with Crippen molar-refractivity contribution in [1.29, 1.82) is 0 Å². The Hall–Kier alpha value is -0.900. The van der Waals surface area contributed by atoms with E-state index in [1.54, 1.807) is 0 Å². The first-order chi connectivity index (χ1) is 7.72. The van der Waals surface area contributed by atoms with E-state index in [4.69, 9.17) is 4.74 Å². The van der Waals surface area contributed by atoms with Crippen LogP contribution in [0.25, 0.3) is 0 Å². The molecule has 16 heavy (non-hydrogen) atoms. The maximum atomic E-state index is 5.29. The molecule has 4 nitrogen and oxygen atoms in total. The Morgan fingerprint density at radius 3 is 2.88 bits per heavy atom. The Balaban J connectivity index is 2.19. The lowest BCUT2D eigenvalue weighted by Crippen LogP contribution is -2.04. The Morgan fingerprint density at radius 2 is 2.19 bits per heavy atom. The van der Waals surface area contributed by atoms with Crippen molar-refractivity contribution >= 4 is 0 Å². The van der Waals surface area contributed by atoms with E-state index in [-0.39, 0.29) is 0 Å². The van der Waals surface area contributed by atoms with E-state index in [1.165, 1.54) is 0 Å². The van der Waals surface area contributed by atoms with Crippen LogP contribution in [0.3, 0.4) is 0 Å². The summed E-state index contributed by atoms with van der Waals surface area (Å²) < 4.78 is 7.22. The summed E-state index contributed by atoms with van der Waals surface area (Å²) in [4.78, 5) is 0. The predicted octanol–water partition coefficient (Wildman–Crippen LogP) is 2.29. The Morgan fingerprint density at radius 1 is 1.38 bits per heavy atom. The van der Waals surface area contributed by atoms with E-state index < -0.39 is 0 Å². The molecule has 0 radical (unpaired) electrons. The van der Waals surface area contributed by atoms with Crippen molar-refractivity contribution in [2.45, 2.75) is 46.6 Å². The van der Waals surface area contributed by atoms with Crippen LogP contribution in [0.5, 0.6) is 0 Å². The molecular formula is C12H23N3O. The van der Waals surface area contributed by atoms with Crippen LogP contribution in [0.15, 0.2) is 6.20 Å². The summed E-state index contributed by atoms with van der Waals surface area (Å²) in [7, 11) is 0. The average Bonchev–Trinajstić information content (AvgIpc) is 2.64. The summed E-state index contributed by atoms with van der Waals surface area (Å²) >= 11 is 0. The van der Waals surface area contributed by atoms with Gasteiger partial charge in [-0.3, -0.25) is 4.68 Å². The Kier molecular flexibility index (Phi) is 6.08. The van der Waals surface area contributed by atoms with Gasteiger partial charge in [0.15, 0.2) is 0 Å². The maximum Gasteiger partial charge on any atom is 0.0827 e. The predicted molar refractivity (Wildman–Crippen MR) is 64.3 cm³/mol. The summed E-state index contributed by atoms with van der Waals surface area (Å²) in [6.45, 7) is 9.01. The van der Waals surface area contributed by atoms with Crippen LogP contribution in [0.2, 0.25) is 0 Å². The highest BCUT2D eigenvalue weighted by molar-refractivity contribution is 4.92. The monoisotopic (exact) mass is 225 g/mol. The second kappa shape index (κ2) is 7.39. The summed E-state index contributed by atoms with van der Waals surface area (Å²) in [6, 6.07) is 0. The molecule has 1 rings (SSSR count). The van der Waals surface area contributed by atoms with Crippen LogP contribution < -0.4 is 0 Å². The highest BCUT2D eigenvalue weighted by Gasteiger charge is 2.02. The molecule has 0 aliphatic heterocycles. The highest BCUT2D eigenvalue weighted by atomic mass is 16.5. The van der Waals surface area contributed by atoms with Crippen LogP contribution >= 0.6 is 0 Å². The van der Waals surface area contributed by atoms with Gasteiger partial charge in [-0.1, -0.05) is 19.1 Å². The van der Waals surface area contributed by atoms with Crippen molar-refractivity contribution in [2.75, 3.05) is 13.2 Å². The maximum absolute atomic E-state index is 5.29. The van der Waals surface area contributed by atoms with Crippen molar-refractivity contribution < 1.29 is 4.74 Å². The van der Waals surface area contributed by atoms with Gasteiger partial charge in [-0.2, -0.15) is 0 Å². The van der Waals surface area contributed by atoms with Gasteiger partial charge in [0.25, 0.3) is 0 Å². The van der Waals surface area contributed by atoms with Gasteiger partial charge in [-0.15, -0.1) is 5.10 Å². The van der Waals surface area contributed by atoms with Crippen LogP contribution in [-0.2, 0) is 17.7 Å². The first kappa shape index (κ1) is 13.2. The number of aryl methyl sites for hydroxylation is 1. The van der Waals surface area contributed by atoms with Gasteiger partial charge in [0.1, 0.15) is 0 Å². The molecular weight excluding hydrogens is 202 g/mol. The number of ether oxygens (including phenoxy) is 1. The SMILES string of the molecule is CCOCCCCc1cn(CC(C)C)nn1. The standard InChI is InChI=1S/C12H23N3O/c1-4-16-8-6-5-7-12-10-15(14-13-12)9-11(2)3/h10-11H,4-9H2,1-3H3. The molecule has 0 saturated carbocycles. The number of unbranched alkanes of at least 4 members (excludes halogenated alkanes) is 1. The minimum absolute atomic E-state index is 0.618. The first-order valence-corrected chi connectivity index (χ1v) is 6.19. The molecule has 0 N–H and O–H groups in total. The van der Waals surface area contributed by atoms with Crippen molar-refractivity contribution in [1.82, 2.24) is 15.0 Å². The van der Waals surface area contributed by atoms with E-state index in [0.717, 1.165) is 44.7 Å². The molecule has 1 aromatic heterocycles. The van der Waals surface area contributed by atoms with Gasteiger partial charge in [0, 0.05) is 26.0 Å². The van der Waals surface area contributed by atoms with Crippen molar-refractivity contribution in [2.24, 2.45) is 5.92 Å². The molecule has 1 aromatic rings. The van der Waals surface area contributed by atoms with Gasteiger partial charge in [0.2, 0.25) is 0 Å². The Labute approximate surface area is 98.0 Å². The molecule has 0 atom stereocenters. The number of aromatic nitrogens is 3. The quantitative estimate of drug-likeness (QED) is 0.637. The second-order valence-electron chi connectivity index (χ2n) is 4.48. The molecule has 0 bridgehead atoms. The molecule has 0 fully saturated rings. The van der Waals surface area contributed by atoms with Crippen molar-refractivity contribution in [3.8, 4) is 0 Å². The molecule has 4 heteroatoms. The van der Waals surface area contributed by atoms with E-state index in [1.807, 2.05) is 11.6 Å². The fourth-order valence-electron chi connectivity index (χ4n) is 1.57. The van der Waals surface area contributed by atoms with E-state index in [0.29, 0.717) is 5.92 Å². The minimum atomic E-state index is 0.618. The molecule has 0 aromatic carbocycles. The van der Waals surface area contributed by atoms with Crippen LogP contribution in [0.1, 0.15) is 39.3 Å². The van der Waals surface area contributed by atoms with Gasteiger partial charge in [-0.05, 0) is 32.1 Å².